The molecule has 1 aliphatic heterocycles. The van der Waals surface area contributed by atoms with Crippen molar-refractivity contribution in [3.05, 3.63) is 58.8 Å². The molecule has 0 saturated heterocycles. The zero-order chi connectivity index (χ0) is 12.7. The Morgan fingerprint density at radius 1 is 1.17 bits per heavy atom. The highest BCUT2D eigenvalue weighted by Gasteiger charge is 2.25. The third-order valence-electron chi connectivity index (χ3n) is 2.81. The minimum Gasteiger partial charge on any atom is -0.288 e. The van der Waals surface area contributed by atoms with Crippen molar-refractivity contribution in [3.63, 3.8) is 0 Å². The lowest BCUT2D eigenvalue weighted by atomic mass is 10.00. The van der Waals surface area contributed by atoms with Crippen molar-refractivity contribution in [2.75, 3.05) is 0 Å². The van der Waals surface area contributed by atoms with E-state index in [9.17, 15) is 13.6 Å². The number of nitrogens with zero attached hydrogens (tertiary/aromatic N) is 1. The molecule has 0 fully saturated rings. The van der Waals surface area contributed by atoms with Gasteiger partial charge in [-0.1, -0.05) is 0 Å². The summed E-state index contributed by atoms with van der Waals surface area (Å²) < 4.78 is 26.9. The number of hydrogen-bond acceptors (Lipinski definition) is 3. The second-order valence-electron chi connectivity index (χ2n) is 3.86. The number of carbonyl (C=O) groups is 1. The van der Waals surface area contributed by atoms with E-state index in [4.69, 9.17) is 0 Å². The van der Waals surface area contributed by atoms with Crippen LogP contribution in [0.1, 0.15) is 21.5 Å². The molecule has 1 aromatic carbocycles. The van der Waals surface area contributed by atoms with Crippen LogP contribution < -0.4 is 0 Å². The van der Waals surface area contributed by atoms with Crippen molar-refractivity contribution in [2.24, 2.45) is 0 Å². The van der Waals surface area contributed by atoms with Crippen LogP contribution in [-0.4, -0.2) is 10.8 Å². The number of thioether (sulfide) groups is 1. The lowest BCUT2D eigenvalue weighted by Gasteiger charge is -2.05. The number of pyridine rings is 1. The maximum absolute atomic E-state index is 13.7. The molecule has 0 aliphatic carbocycles. The van der Waals surface area contributed by atoms with Crippen LogP contribution in [0.4, 0.5) is 8.78 Å². The SMILES string of the molecule is O=C1c2cccnc2SCc2c1ccc(F)c2F. The number of rotatable bonds is 0. The summed E-state index contributed by atoms with van der Waals surface area (Å²) in [5.74, 6) is -1.98. The fraction of sp³-hybridized carbons (Fsp3) is 0.0769. The van der Waals surface area contributed by atoms with E-state index in [2.05, 4.69) is 4.98 Å². The van der Waals surface area contributed by atoms with Crippen LogP contribution in [0.5, 0.6) is 0 Å². The number of benzene rings is 1. The van der Waals surface area contributed by atoms with Gasteiger partial charge in [-0.3, -0.25) is 4.79 Å². The number of carbonyl (C=O) groups excluding carboxylic acids is 1. The molecular formula is C13H7F2NOS. The normalized spacial score (nSPS) is 13.8. The van der Waals surface area contributed by atoms with Gasteiger partial charge >= 0.3 is 0 Å². The average Bonchev–Trinajstić information content (AvgIpc) is 2.53. The number of ketones is 1. The van der Waals surface area contributed by atoms with Crippen LogP contribution in [0, 0.1) is 11.6 Å². The minimum atomic E-state index is -0.943. The molecule has 0 spiro atoms. The quantitative estimate of drug-likeness (QED) is 0.731. The molecule has 5 heteroatoms. The summed E-state index contributed by atoms with van der Waals surface area (Å²) in [5.41, 5.74) is 0.767. The summed E-state index contributed by atoms with van der Waals surface area (Å²) >= 11 is 1.24. The Balaban J connectivity index is 2.24. The molecule has 2 aromatic rings. The second kappa shape index (κ2) is 4.17. The van der Waals surface area contributed by atoms with Gasteiger partial charge in [0.05, 0.1) is 5.56 Å². The Morgan fingerprint density at radius 2 is 2.00 bits per heavy atom. The number of aromatic nitrogens is 1. The maximum atomic E-state index is 13.7. The van der Waals surface area contributed by atoms with Gasteiger partial charge in [0.2, 0.25) is 0 Å². The highest BCUT2D eigenvalue weighted by molar-refractivity contribution is 7.98. The molecule has 0 N–H and O–H groups in total. The van der Waals surface area contributed by atoms with Crippen LogP contribution in [0.25, 0.3) is 0 Å². The number of hydrogen-bond donors (Lipinski definition) is 0. The van der Waals surface area contributed by atoms with Crippen molar-refractivity contribution in [1.82, 2.24) is 4.98 Å². The highest BCUT2D eigenvalue weighted by atomic mass is 32.2. The van der Waals surface area contributed by atoms with Gasteiger partial charge < -0.3 is 0 Å². The average molecular weight is 263 g/mol. The van der Waals surface area contributed by atoms with E-state index in [1.807, 2.05) is 0 Å². The highest BCUT2D eigenvalue weighted by Crippen LogP contribution is 2.33. The van der Waals surface area contributed by atoms with Crippen LogP contribution >= 0.6 is 11.8 Å². The number of halogens is 2. The molecule has 2 heterocycles. The standard InChI is InChI=1S/C13H7F2NOS/c14-10-4-3-7-9(11(10)15)6-18-13-8(12(7)17)2-1-5-16-13/h1-5H,6H2. The van der Waals surface area contributed by atoms with Gasteiger partial charge in [-0.05, 0) is 24.3 Å². The van der Waals surface area contributed by atoms with E-state index < -0.39 is 11.6 Å². The van der Waals surface area contributed by atoms with E-state index in [1.165, 1.54) is 17.8 Å². The molecule has 90 valence electrons. The summed E-state index contributed by atoms with van der Waals surface area (Å²) in [5, 5.41) is 0.554. The minimum absolute atomic E-state index is 0.114. The lowest BCUT2D eigenvalue weighted by molar-refractivity contribution is 0.103. The van der Waals surface area contributed by atoms with Gasteiger partial charge in [0.15, 0.2) is 17.4 Å². The molecule has 0 unspecified atom stereocenters. The van der Waals surface area contributed by atoms with Crippen molar-refractivity contribution < 1.29 is 13.6 Å². The van der Waals surface area contributed by atoms with E-state index in [0.717, 1.165) is 6.07 Å². The lowest BCUT2D eigenvalue weighted by Crippen LogP contribution is -2.06. The number of fused-ring (bicyclic) bond motifs is 2. The first-order chi connectivity index (χ1) is 8.68. The predicted octanol–water partition coefficient (Wildman–Crippen LogP) is 3.20. The first-order valence-electron chi connectivity index (χ1n) is 5.28. The summed E-state index contributed by atoms with van der Waals surface area (Å²) in [6.07, 6.45) is 1.58. The van der Waals surface area contributed by atoms with Crippen LogP contribution in [0.2, 0.25) is 0 Å². The van der Waals surface area contributed by atoms with Gasteiger partial charge in [-0.25, -0.2) is 13.8 Å². The Hall–Kier alpha value is -1.75. The van der Waals surface area contributed by atoms with Crippen molar-refractivity contribution in [1.29, 1.82) is 0 Å². The Morgan fingerprint density at radius 3 is 2.83 bits per heavy atom. The molecule has 1 aromatic heterocycles. The van der Waals surface area contributed by atoms with E-state index in [0.29, 0.717) is 10.6 Å². The third kappa shape index (κ3) is 1.62. The molecule has 2 nitrogen and oxygen atoms in total. The van der Waals surface area contributed by atoms with Gasteiger partial charge in [0.25, 0.3) is 0 Å². The fourth-order valence-corrected chi connectivity index (χ4v) is 2.93. The van der Waals surface area contributed by atoms with E-state index in [1.54, 1.807) is 18.3 Å². The van der Waals surface area contributed by atoms with Gasteiger partial charge in [-0.15, -0.1) is 11.8 Å². The molecule has 3 rings (SSSR count). The van der Waals surface area contributed by atoms with Crippen LogP contribution in [0.15, 0.2) is 35.5 Å². The molecule has 1 aliphatic rings. The largest absolute Gasteiger partial charge is 0.288 e. The van der Waals surface area contributed by atoms with Gasteiger partial charge in [0.1, 0.15) is 5.03 Å². The van der Waals surface area contributed by atoms with Crippen LogP contribution in [0.3, 0.4) is 0 Å². The smallest absolute Gasteiger partial charge is 0.196 e. The molecular weight excluding hydrogens is 256 g/mol. The second-order valence-corrected chi connectivity index (χ2v) is 4.83. The third-order valence-corrected chi connectivity index (χ3v) is 3.84. The monoisotopic (exact) mass is 263 g/mol. The first-order valence-corrected chi connectivity index (χ1v) is 6.26. The summed E-state index contributed by atoms with van der Waals surface area (Å²) in [6, 6.07) is 5.62. The maximum Gasteiger partial charge on any atom is 0.196 e. The van der Waals surface area contributed by atoms with Crippen LogP contribution in [-0.2, 0) is 5.75 Å². The van der Waals surface area contributed by atoms with Gasteiger partial charge in [-0.2, -0.15) is 0 Å². The Kier molecular flexibility index (Phi) is 2.63. The molecule has 18 heavy (non-hydrogen) atoms. The van der Waals surface area contributed by atoms with E-state index in [-0.39, 0.29) is 22.7 Å². The van der Waals surface area contributed by atoms with Crippen molar-refractivity contribution in [2.45, 2.75) is 10.8 Å². The predicted molar refractivity (Wildman–Crippen MR) is 63.6 cm³/mol. The first kappa shape index (κ1) is 11.3. The Bertz CT molecular complexity index is 657. The summed E-state index contributed by atoms with van der Waals surface area (Å²) in [7, 11) is 0. The zero-order valence-corrected chi connectivity index (χ0v) is 9.93. The molecule has 0 atom stereocenters. The molecule has 0 saturated carbocycles. The molecule has 0 bridgehead atoms. The van der Waals surface area contributed by atoms with Crippen molar-refractivity contribution >= 4 is 17.5 Å². The topological polar surface area (TPSA) is 30.0 Å². The van der Waals surface area contributed by atoms with E-state index >= 15 is 0 Å². The summed E-state index contributed by atoms with van der Waals surface area (Å²) in [6.45, 7) is 0. The summed E-state index contributed by atoms with van der Waals surface area (Å²) in [4.78, 5) is 16.3. The zero-order valence-electron chi connectivity index (χ0n) is 9.11. The van der Waals surface area contributed by atoms with Gasteiger partial charge in [0, 0.05) is 23.1 Å². The fourth-order valence-electron chi connectivity index (χ4n) is 1.91. The molecule has 0 radical (unpaired) electrons. The molecule has 0 amide bonds. The van der Waals surface area contributed by atoms with Crippen molar-refractivity contribution in [3.8, 4) is 0 Å². The Labute approximate surface area is 106 Å².